The molecular formula is C23H24F4O4. The lowest BCUT2D eigenvalue weighted by Crippen LogP contribution is -2.31. The number of ether oxygens (including phenoxy) is 2. The van der Waals surface area contributed by atoms with Gasteiger partial charge >= 0.3 is 12.3 Å². The summed E-state index contributed by atoms with van der Waals surface area (Å²) in [7, 11) is 0. The van der Waals surface area contributed by atoms with Gasteiger partial charge in [-0.2, -0.15) is 0 Å². The van der Waals surface area contributed by atoms with Crippen LogP contribution in [-0.2, 0) is 10.4 Å². The van der Waals surface area contributed by atoms with E-state index >= 15 is 4.39 Å². The second-order valence-electron chi connectivity index (χ2n) is 8.03. The Bertz CT molecular complexity index is 913. The summed E-state index contributed by atoms with van der Waals surface area (Å²) < 4.78 is 61.9. The molecule has 0 saturated heterocycles. The SMILES string of the molecule is CCCC(F)(C(=O)c1ccc(OC(F)(F)F)cc1)c1ccc(C(=O)OC(C)(C)C)cc1. The first-order chi connectivity index (χ1) is 14.2. The average molecular weight is 440 g/mol. The second-order valence-corrected chi connectivity index (χ2v) is 8.03. The van der Waals surface area contributed by atoms with Crippen molar-refractivity contribution >= 4 is 11.8 Å². The summed E-state index contributed by atoms with van der Waals surface area (Å²) in [6.45, 7) is 6.86. The Morgan fingerprint density at radius 3 is 1.81 bits per heavy atom. The number of carbonyl (C=O) groups excluding carboxylic acids is 2. The van der Waals surface area contributed by atoms with Crippen LogP contribution in [0.3, 0.4) is 0 Å². The van der Waals surface area contributed by atoms with E-state index in [0.29, 0.717) is 6.42 Å². The van der Waals surface area contributed by atoms with E-state index in [4.69, 9.17) is 4.74 Å². The average Bonchev–Trinajstić information content (AvgIpc) is 2.65. The Labute approximate surface area is 178 Å². The molecular weight excluding hydrogens is 416 g/mol. The molecule has 2 aromatic rings. The number of benzene rings is 2. The predicted octanol–water partition coefficient (Wildman–Crippen LogP) is 6.39. The van der Waals surface area contributed by atoms with Crippen molar-refractivity contribution < 1.29 is 36.6 Å². The van der Waals surface area contributed by atoms with E-state index < -0.39 is 35.1 Å². The molecule has 0 saturated carbocycles. The van der Waals surface area contributed by atoms with Crippen molar-refractivity contribution in [2.45, 2.75) is 58.2 Å². The number of halogens is 4. The number of carbonyl (C=O) groups is 2. The van der Waals surface area contributed by atoms with E-state index in [9.17, 15) is 22.8 Å². The molecule has 2 aromatic carbocycles. The zero-order chi connectivity index (χ0) is 23.4. The van der Waals surface area contributed by atoms with Crippen molar-refractivity contribution in [3.05, 3.63) is 65.2 Å². The Morgan fingerprint density at radius 2 is 1.35 bits per heavy atom. The molecule has 0 N–H and O–H groups in total. The van der Waals surface area contributed by atoms with Gasteiger partial charge in [0.2, 0.25) is 5.78 Å². The van der Waals surface area contributed by atoms with Gasteiger partial charge in [-0.05, 0) is 69.2 Å². The number of hydrogen-bond acceptors (Lipinski definition) is 4. The second kappa shape index (κ2) is 9.08. The molecule has 2 rings (SSSR count). The Balaban J connectivity index is 2.30. The lowest BCUT2D eigenvalue weighted by molar-refractivity contribution is -0.274. The Kier molecular flexibility index (Phi) is 7.14. The highest BCUT2D eigenvalue weighted by atomic mass is 19.4. The summed E-state index contributed by atoms with van der Waals surface area (Å²) in [6.07, 6.45) is -4.67. The fourth-order valence-corrected chi connectivity index (χ4v) is 2.98. The van der Waals surface area contributed by atoms with Crippen molar-refractivity contribution in [1.29, 1.82) is 0 Å². The highest BCUT2D eigenvalue weighted by molar-refractivity contribution is 6.03. The van der Waals surface area contributed by atoms with Crippen LogP contribution in [0.25, 0.3) is 0 Å². The molecule has 0 heterocycles. The van der Waals surface area contributed by atoms with Crippen molar-refractivity contribution in [1.82, 2.24) is 0 Å². The van der Waals surface area contributed by atoms with E-state index in [2.05, 4.69) is 4.74 Å². The fraction of sp³-hybridized carbons (Fsp3) is 0.391. The molecule has 0 aliphatic carbocycles. The first-order valence-corrected chi connectivity index (χ1v) is 9.68. The first kappa shape index (κ1) is 24.4. The smallest absolute Gasteiger partial charge is 0.456 e. The number of ketones is 1. The monoisotopic (exact) mass is 440 g/mol. The molecule has 0 aromatic heterocycles. The maximum atomic E-state index is 15.9. The van der Waals surface area contributed by atoms with Crippen LogP contribution in [0.4, 0.5) is 17.6 Å². The minimum Gasteiger partial charge on any atom is -0.456 e. The van der Waals surface area contributed by atoms with Gasteiger partial charge in [0, 0.05) is 5.56 Å². The molecule has 8 heteroatoms. The topological polar surface area (TPSA) is 52.6 Å². The van der Waals surface area contributed by atoms with Crippen molar-refractivity contribution in [3.8, 4) is 5.75 Å². The number of esters is 1. The van der Waals surface area contributed by atoms with E-state index in [-0.39, 0.29) is 23.1 Å². The third-order valence-electron chi connectivity index (χ3n) is 4.28. The quantitative estimate of drug-likeness (QED) is 0.284. The molecule has 0 aliphatic heterocycles. The molecule has 4 nitrogen and oxygen atoms in total. The molecule has 0 radical (unpaired) electrons. The molecule has 1 unspecified atom stereocenters. The van der Waals surface area contributed by atoms with Gasteiger partial charge in [0.1, 0.15) is 11.4 Å². The highest BCUT2D eigenvalue weighted by Crippen LogP contribution is 2.36. The molecule has 0 bridgehead atoms. The number of rotatable bonds is 7. The number of Topliss-reactive ketones (excluding diaryl/α,β-unsaturated/α-hetero) is 1. The molecule has 0 aliphatic rings. The lowest BCUT2D eigenvalue weighted by Gasteiger charge is -2.25. The fourth-order valence-electron chi connectivity index (χ4n) is 2.98. The van der Waals surface area contributed by atoms with Crippen LogP contribution in [0.2, 0.25) is 0 Å². The van der Waals surface area contributed by atoms with Gasteiger partial charge in [0.15, 0.2) is 5.67 Å². The van der Waals surface area contributed by atoms with Crippen LogP contribution in [0.1, 0.15) is 66.8 Å². The zero-order valence-electron chi connectivity index (χ0n) is 17.7. The van der Waals surface area contributed by atoms with Gasteiger partial charge in [-0.25, -0.2) is 9.18 Å². The minimum atomic E-state index is -4.87. The lowest BCUT2D eigenvalue weighted by atomic mass is 9.84. The third kappa shape index (κ3) is 6.54. The van der Waals surface area contributed by atoms with Gasteiger partial charge in [0.05, 0.1) is 5.56 Å². The number of alkyl halides is 4. The molecule has 168 valence electrons. The van der Waals surface area contributed by atoms with Gasteiger partial charge in [-0.3, -0.25) is 4.79 Å². The van der Waals surface area contributed by atoms with E-state index in [1.807, 2.05) is 0 Å². The molecule has 1 atom stereocenters. The van der Waals surface area contributed by atoms with E-state index in [1.54, 1.807) is 27.7 Å². The summed E-state index contributed by atoms with van der Waals surface area (Å²) in [4.78, 5) is 25.1. The van der Waals surface area contributed by atoms with Crippen LogP contribution >= 0.6 is 0 Å². The first-order valence-electron chi connectivity index (χ1n) is 9.68. The van der Waals surface area contributed by atoms with Crippen LogP contribution in [0, 0.1) is 0 Å². The highest BCUT2D eigenvalue weighted by Gasteiger charge is 2.40. The van der Waals surface area contributed by atoms with Gasteiger partial charge in [-0.15, -0.1) is 13.2 Å². The standard InChI is InChI=1S/C23H24F4O4/c1-5-14-22(24,17-10-6-16(7-11-17)20(29)31-21(2,3)4)19(28)15-8-12-18(13-9-15)30-23(25,26)27/h6-13H,5,14H2,1-4H3. The number of hydrogen-bond donors (Lipinski definition) is 0. The van der Waals surface area contributed by atoms with Crippen LogP contribution in [0.15, 0.2) is 48.5 Å². The third-order valence-corrected chi connectivity index (χ3v) is 4.28. The largest absolute Gasteiger partial charge is 0.573 e. The molecule has 0 spiro atoms. The molecule has 0 amide bonds. The summed E-state index contributed by atoms with van der Waals surface area (Å²) >= 11 is 0. The maximum Gasteiger partial charge on any atom is 0.573 e. The molecule has 0 fully saturated rings. The summed E-state index contributed by atoms with van der Waals surface area (Å²) in [6, 6.07) is 9.52. The maximum absolute atomic E-state index is 15.9. The summed E-state index contributed by atoms with van der Waals surface area (Å²) in [5, 5.41) is 0. The van der Waals surface area contributed by atoms with Crippen LogP contribution in [-0.4, -0.2) is 23.7 Å². The Morgan fingerprint density at radius 1 is 0.839 bits per heavy atom. The van der Waals surface area contributed by atoms with E-state index in [0.717, 1.165) is 24.3 Å². The Hall–Kier alpha value is -2.90. The molecule has 31 heavy (non-hydrogen) atoms. The van der Waals surface area contributed by atoms with Gasteiger partial charge in [0.25, 0.3) is 0 Å². The van der Waals surface area contributed by atoms with Crippen molar-refractivity contribution in [2.75, 3.05) is 0 Å². The van der Waals surface area contributed by atoms with Crippen LogP contribution < -0.4 is 4.74 Å². The van der Waals surface area contributed by atoms with Crippen molar-refractivity contribution in [2.24, 2.45) is 0 Å². The normalized spacial score (nSPS) is 13.9. The minimum absolute atomic E-state index is 0.0438. The van der Waals surface area contributed by atoms with Gasteiger partial charge in [-0.1, -0.05) is 25.5 Å². The van der Waals surface area contributed by atoms with Gasteiger partial charge < -0.3 is 9.47 Å². The van der Waals surface area contributed by atoms with E-state index in [1.165, 1.54) is 24.3 Å². The summed E-state index contributed by atoms with van der Waals surface area (Å²) in [5.74, 6) is -1.98. The van der Waals surface area contributed by atoms with Crippen LogP contribution in [0.5, 0.6) is 5.75 Å². The predicted molar refractivity (Wildman–Crippen MR) is 107 cm³/mol. The zero-order valence-corrected chi connectivity index (χ0v) is 17.7. The summed E-state index contributed by atoms with van der Waals surface area (Å²) in [5.41, 5.74) is -2.95. The van der Waals surface area contributed by atoms with Crippen molar-refractivity contribution in [3.63, 3.8) is 0 Å².